The Kier molecular flexibility index (Phi) is 2.25. The van der Waals surface area contributed by atoms with Gasteiger partial charge in [-0.3, -0.25) is 5.10 Å². The monoisotopic (exact) mass is 228 g/mol. The quantitative estimate of drug-likeness (QED) is 0.710. The Balaban J connectivity index is 1.81. The van der Waals surface area contributed by atoms with Crippen molar-refractivity contribution in [2.75, 3.05) is 5.32 Å². The first-order valence-electron chi connectivity index (χ1n) is 5.36. The molecule has 0 saturated heterocycles. The van der Waals surface area contributed by atoms with Crippen molar-refractivity contribution in [3.63, 3.8) is 0 Å². The number of nitrogens with zero attached hydrogens (tertiary/aromatic N) is 4. The lowest BCUT2D eigenvalue weighted by Gasteiger charge is -1.96. The highest BCUT2D eigenvalue weighted by molar-refractivity contribution is 5.44. The molecule has 0 spiro atoms. The molecular formula is C11H12N6. The molecule has 17 heavy (non-hydrogen) atoms. The summed E-state index contributed by atoms with van der Waals surface area (Å²) in [6.07, 6.45) is 5.56. The van der Waals surface area contributed by atoms with E-state index in [0.29, 0.717) is 12.5 Å². The Morgan fingerprint density at radius 2 is 2.35 bits per heavy atom. The van der Waals surface area contributed by atoms with Crippen molar-refractivity contribution in [1.82, 2.24) is 24.8 Å². The van der Waals surface area contributed by atoms with E-state index in [2.05, 4.69) is 25.6 Å². The van der Waals surface area contributed by atoms with Gasteiger partial charge < -0.3 is 5.32 Å². The molecule has 3 aromatic heterocycles. The zero-order valence-corrected chi connectivity index (χ0v) is 9.38. The summed E-state index contributed by atoms with van der Waals surface area (Å²) in [5.41, 5.74) is 3.06. The van der Waals surface area contributed by atoms with E-state index in [-0.39, 0.29) is 0 Å². The molecule has 0 atom stereocenters. The standard InChI is InChI=1S/C11H12N6/c1-8-2-3-10-15-11(16-17(10)7-8)12-4-9-5-13-14-6-9/h2-3,5-7H,4H2,1H3,(H,12,16)(H,13,14). The fraction of sp³-hybridized carbons (Fsp3) is 0.182. The minimum Gasteiger partial charge on any atom is -0.349 e. The fourth-order valence-electron chi connectivity index (χ4n) is 1.62. The number of aromatic amines is 1. The number of hydrogen-bond acceptors (Lipinski definition) is 4. The second-order valence-corrected chi connectivity index (χ2v) is 3.90. The number of aryl methyl sites for hydroxylation is 1. The predicted molar refractivity (Wildman–Crippen MR) is 63.6 cm³/mol. The first kappa shape index (κ1) is 9.83. The molecule has 6 heteroatoms. The third-order valence-electron chi connectivity index (χ3n) is 2.48. The summed E-state index contributed by atoms with van der Waals surface area (Å²) in [4.78, 5) is 4.36. The highest BCUT2D eigenvalue weighted by Gasteiger charge is 2.03. The summed E-state index contributed by atoms with van der Waals surface area (Å²) in [5, 5.41) is 14.1. The molecule has 0 aliphatic carbocycles. The van der Waals surface area contributed by atoms with Gasteiger partial charge in [-0.1, -0.05) is 6.07 Å². The van der Waals surface area contributed by atoms with Crippen molar-refractivity contribution < 1.29 is 0 Å². The number of fused-ring (bicyclic) bond motifs is 1. The minimum atomic E-state index is 0.622. The second kappa shape index (κ2) is 3.89. The number of aromatic nitrogens is 5. The number of nitrogens with one attached hydrogen (secondary N) is 2. The van der Waals surface area contributed by atoms with Gasteiger partial charge in [0.05, 0.1) is 6.20 Å². The number of H-pyrrole nitrogens is 1. The first-order chi connectivity index (χ1) is 8.31. The SMILES string of the molecule is Cc1ccc2nc(NCc3cn[nH]c3)nn2c1. The van der Waals surface area contributed by atoms with E-state index in [1.165, 1.54) is 0 Å². The van der Waals surface area contributed by atoms with Gasteiger partial charge in [0, 0.05) is 24.5 Å². The van der Waals surface area contributed by atoms with Crippen molar-refractivity contribution in [2.24, 2.45) is 0 Å². The lowest BCUT2D eigenvalue weighted by molar-refractivity contribution is 0.942. The zero-order valence-electron chi connectivity index (χ0n) is 9.38. The molecule has 3 rings (SSSR count). The summed E-state index contributed by atoms with van der Waals surface area (Å²) < 4.78 is 1.77. The van der Waals surface area contributed by atoms with Crippen LogP contribution < -0.4 is 5.32 Å². The zero-order chi connectivity index (χ0) is 11.7. The van der Waals surface area contributed by atoms with E-state index in [9.17, 15) is 0 Å². The van der Waals surface area contributed by atoms with Gasteiger partial charge in [-0.05, 0) is 18.6 Å². The van der Waals surface area contributed by atoms with E-state index in [0.717, 1.165) is 16.8 Å². The third kappa shape index (κ3) is 1.96. The Bertz CT molecular complexity index is 625. The van der Waals surface area contributed by atoms with Crippen LogP contribution >= 0.6 is 0 Å². The normalized spacial score (nSPS) is 10.9. The van der Waals surface area contributed by atoms with Crippen molar-refractivity contribution in [2.45, 2.75) is 13.5 Å². The van der Waals surface area contributed by atoms with Crippen LogP contribution in [0.15, 0.2) is 30.7 Å². The lowest BCUT2D eigenvalue weighted by Crippen LogP contribution is -2.00. The van der Waals surface area contributed by atoms with Crippen molar-refractivity contribution in [1.29, 1.82) is 0 Å². The molecule has 2 N–H and O–H groups in total. The van der Waals surface area contributed by atoms with Crippen LogP contribution in [0.25, 0.3) is 5.65 Å². The van der Waals surface area contributed by atoms with E-state index < -0.39 is 0 Å². The Hall–Kier alpha value is -2.37. The Morgan fingerprint density at radius 1 is 1.41 bits per heavy atom. The van der Waals surface area contributed by atoms with Crippen LogP contribution in [0.1, 0.15) is 11.1 Å². The molecule has 0 aromatic carbocycles. The molecule has 0 aliphatic heterocycles. The molecule has 86 valence electrons. The molecule has 6 nitrogen and oxygen atoms in total. The van der Waals surface area contributed by atoms with E-state index in [1.54, 1.807) is 10.7 Å². The topological polar surface area (TPSA) is 70.9 Å². The molecule has 3 aromatic rings. The molecule has 0 amide bonds. The number of pyridine rings is 1. The smallest absolute Gasteiger partial charge is 0.243 e. The van der Waals surface area contributed by atoms with Gasteiger partial charge in [0.25, 0.3) is 0 Å². The van der Waals surface area contributed by atoms with Crippen LogP contribution in [0.5, 0.6) is 0 Å². The predicted octanol–water partition coefficient (Wildman–Crippen LogP) is 1.37. The average Bonchev–Trinajstić information content (AvgIpc) is 2.94. The number of anilines is 1. The molecule has 0 fully saturated rings. The summed E-state index contributed by atoms with van der Waals surface area (Å²) >= 11 is 0. The Labute approximate surface area is 97.7 Å². The number of rotatable bonds is 3. The molecular weight excluding hydrogens is 216 g/mol. The van der Waals surface area contributed by atoms with Crippen molar-refractivity contribution in [3.8, 4) is 0 Å². The summed E-state index contributed by atoms with van der Waals surface area (Å²) in [6.45, 7) is 2.69. The summed E-state index contributed by atoms with van der Waals surface area (Å²) in [7, 11) is 0. The van der Waals surface area contributed by atoms with E-state index in [1.807, 2.05) is 31.5 Å². The van der Waals surface area contributed by atoms with Gasteiger partial charge in [0.15, 0.2) is 5.65 Å². The van der Waals surface area contributed by atoms with Crippen LogP contribution in [0, 0.1) is 6.92 Å². The van der Waals surface area contributed by atoms with E-state index >= 15 is 0 Å². The minimum absolute atomic E-state index is 0.622. The number of hydrogen-bond donors (Lipinski definition) is 2. The highest BCUT2D eigenvalue weighted by atomic mass is 15.3. The molecule has 0 bridgehead atoms. The maximum atomic E-state index is 4.36. The Morgan fingerprint density at radius 3 is 3.18 bits per heavy atom. The van der Waals surface area contributed by atoms with Crippen LogP contribution in [-0.4, -0.2) is 24.8 Å². The summed E-state index contributed by atoms with van der Waals surface area (Å²) in [6, 6.07) is 3.97. The largest absolute Gasteiger partial charge is 0.349 e. The van der Waals surface area contributed by atoms with E-state index in [4.69, 9.17) is 0 Å². The van der Waals surface area contributed by atoms with Crippen molar-refractivity contribution in [3.05, 3.63) is 41.9 Å². The maximum absolute atomic E-state index is 4.36. The third-order valence-corrected chi connectivity index (χ3v) is 2.48. The van der Waals surface area contributed by atoms with Gasteiger partial charge in [0.1, 0.15) is 0 Å². The lowest BCUT2D eigenvalue weighted by atomic mass is 10.3. The van der Waals surface area contributed by atoms with Gasteiger partial charge in [-0.2, -0.15) is 10.1 Å². The van der Waals surface area contributed by atoms with Crippen LogP contribution in [0.2, 0.25) is 0 Å². The fourth-order valence-corrected chi connectivity index (χ4v) is 1.62. The van der Waals surface area contributed by atoms with Gasteiger partial charge >= 0.3 is 0 Å². The molecule has 0 radical (unpaired) electrons. The van der Waals surface area contributed by atoms with Crippen LogP contribution in [-0.2, 0) is 6.54 Å². The molecule has 0 saturated carbocycles. The molecule has 0 unspecified atom stereocenters. The van der Waals surface area contributed by atoms with Crippen molar-refractivity contribution >= 4 is 11.6 Å². The van der Waals surface area contributed by atoms with Crippen LogP contribution in [0.4, 0.5) is 5.95 Å². The molecule has 3 heterocycles. The average molecular weight is 228 g/mol. The van der Waals surface area contributed by atoms with Gasteiger partial charge in [-0.25, -0.2) is 4.52 Å². The first-order valence-corrected chi connectivity index (χ1v) is 5.36. The van der Waals surface area contributed by atoms with Gasteiger partial charge in [0.2, 0.25) is 5.95 Å². The maximum Gasteiger partial charge on any atom is 0.243 e. The van der Waals surface area contributed by atoms with Gasteiger partial charge in [-0.15, -0.1) is 5.10 Å². The molecule has 0 aliphatic rings. The highest BCUT2D eigenvalue weighted by Crippen LogP contribution is 2.08. The van der Waals surface area contributed by atoms with Crippen LogP contribution in [0.3, 0.4) is 0 Å². The summed E-state index contributed by atoms with van der Waals surface area (Å²) in [5.74, 6) is 0.622. The second-order valence-electron chi connectivity index (χ2n) is 3.90.